The highest BCUT2D eigenvalue weighted by atomic mass is 15.2. The second-order valence-electron chi connectivity index (χ2n) is 28.4. The van der Waals surface area contributed by atoms with E-state index in [9.17, 15) is 0 Å². The van der Waals surface area contributed by atoms with Gasteiger partial charge in [-0.3, -0.25) is 0 Å². The molecule has 12 rings (SSSR count). The first-order valence-corrected chi connectivity index (χ1v) is 28.3. The summed E-state index contributed by atoms with van der Waals surface area (Å²) >= 11 is 0. The Morgan fingerprint density at radius 1 is 0.442 bits per heavy atom. The van der Waals surface area contributed by atoms with Crippen molar-refractivity contribution in [2.45, 2.75) is 150 Å². The average Bonchev–Trinajstić information content (AvgIpc) is 3.84. The van der Waals surface area contributed by atoms with E-state index in [0.717, 1.165) is 5.69 Å². The summed E-state index contributed by atoms with van der Waals surface area (Å²) in [6.45, 7) is 40.2. The quantitative estimate of drug-likeness (QED) is 0.159. The molecule has 3 aliphatic rings. The van der Waals surface area contributed by atoms with Crippen LogP contribution in [0.1, 0.15) is 157 Å². The highest BCUT2D eigenvalue weighted by molar-refractivity contribution is 6.85. The summed E-state index contributed by atoms with van der Waals surface area (Å²) in [6.07, 6.45) is 0. The van der Waals surface area contributed by atoms with Gasteiger partial charge in [0.05, 0.1) is 11.4 Å². The number of benzene rings is 8. The Morgan fingerprint density at radius 3 is 1.60 bits per heavy atom. The third-order valence-electron chi connectivity index (χ3n) is 17.6. The molecule has 0 saturated heterocycles. The zero-order valence-corrected chi connectivity index (χ0v) is 49.0. The van der Waals surface area contributed by atoms with Gasteiger partial charge in [-0.1, -0.05) is 221 Å². The fraction of sp³-hybridized carbons (Fsp3) is 0.315. The van der Waals surface area contributed by atoms with Gasteiger partial charge in [-0.25, -0.2) is 0 Å². The molecular formula is C73H78BN3. The molecule has 0 fully saturated rings. The second kappa shape index (κ2) is 17.0. The molecule has 1 aliphatic carbocycles. The van der Waals surface area contributed by atoms with E-state index in [2.05, 4.69) is 296 Å². The number of hydrogen-bond donors (Lipinski definition) is 0. The predicted molar refractivity (Wildman–Crippen MR) is 334 cm³/mol. The maximum atomic E-state index is 2.82. The number of hydrogen-bond acceptors (Lipinski definition) is 2. The first kappa shape index (κ1) is 50.8. The SMILES string of the molecule is CC(C)(C)c1ccc(N2C3=C(B4c5c(cc(C(C)(C)C)cc52)-c2ccc(N(c5ccccc5)c5cc(C(C)(C)C)ccc5-c5ccccc5)c5c6cc(C(C)(C)C)ccc6n4c25)C(C)(C)c2ccc(C(C)(C)C)cc23)cc1. The van der Waals surface area contributed by atoms with E-state index in [0.29, 0.717) is 0 Å². The lowest BCUT2D eigenvalue weighted by atomic mass is 9.40. The Kier molecular flexibility index (Phi) is 11.2. The highest BCUT2D eigenvalue weighted by Gasteiger charge is 2.54. The minimum atomic E-state index is -0.329. The maximum absolute atomic E-state index is 2.82. The summed E-state index contributed by atoms with van der Waals surface area (Å²) in [7, 11) is 0. The van der Waals surface area contributed by atoms with Crippen molar-refractivity contribution in [3.05, 3.63) is 208 Å². The van der Waals surface area contributed by atoms with Crippen molar-refractivity contribution in [2.75, 3.05) is 9.80 Å². The van der Waals surface area contributed by atoms with Crippen LogP contribution < -0.4 is 15.3 Å². The number of aromatic nitrogens is 1. The molecule has 0 spiro atoms. The fourth-order valence-corrected chi connectivity index (χ4v) is 13.0. The highest BCUT2D eigenvalue weighted by Crippen LogP contribution is 2.59. The van der Waals surface area contributed by atoms with Crippen LogP contribution in [0.2, 0.25) is 0 Å². The van der Waals surface area contributed by atoms with E-state index in [1.165, 1.54) is 122 Å². The Balaban J connectivity index is 1.27. The first-order chi connectivity index (χ1) is 36.1. The summed E-state index contributed by atoms with van der Waals surface area (Å²) in [5, 5.41) is 2.57. The zero-order chi connectivity index (χ0) is 54.7. The van der Waals surface area contributed by atoms with Gasteiger partial charge in [-0.15, -0.1) is 0 Å². The van der Waals surface area contributed by atoms with Gasteiger partial charge in [-0.2, -0.15) is 0 Å². The standard InChI is InChI=1S/C73H78BN3/c1-68(2,3)46-28-33-52(34-29-46)76-62-44-50(72(13,14)15)42-55-54-36-39-60(75(51-26-22-19-23-27-51)61-43-49(71(10,11)12)30-35-53(61)45-24-20-18-21-25-45)63-57-41-48(70(7,8)9)32-38-59(57)77(65(54)63)74(64(55)62)67-66(76)56-40-47(69(4,5)6)31-37-58(56)73(67,16)17/h18-44H,1-17H3. The van der Waals surface area contributed by atoms with Crippen molar-refractivity contribution in [3.63, 3.8) is 0 Å². The van der Waals surface area contributed by atoms with Crippen LogP contribution in [0.25, 0.3) is 49.8 Å². The van der Waals surface area contributed by atoms with Crippen LogP contribution in [0, 0.1) is 0 Å². The van der Waals surface area contributed by atoms with Crippen molar-refractivity contribution >= 4 is 68.3 Å². The number of allylic oxidation sites excluding steroid dienone is 1. The minimum Gasteiger partial charge on any atom is -0.375 e. The molecular weight excluding hydrogens is 930 g/mol. The second-order valence-corrected chi connectivity index (χ2v) is 28.4. The van der Waals surface area contributed by atoms with Gasteiger partial charge < -0.3 is 14.3 Å². The third kappa shape index (κ3) is 7.97. The molecule has 0 bridgehead atoms. The molecule has 0 unspecified atom stereocenters. The zero-order valence-electron chi connectivity index (χ0n) is 49.0. The topological polar surface area (TPSA) is 11.4 Å². The summed E-state index contributed by atoms with van der Waals surface area (Å²) in [4.78, 5) is 5.28. The first-order valence-electron chi connectivity index (χ1n) is 28.3. The fourth-order valence-electron chi connectivity index (χ4n) is 13.0. The van der Waals surface area contributed by atoms with Gasteiger partial charge in [0.15, 0.2) is 0 Å². The van der Waals surface area contributed by atoms with Crippen LogP contribution in [-0.4, -0.2) is 11.3 Å². The molecule has 0 amide bonds. The van der Waals surface area contributed by atoms with E-state index < -0.39 is 0 Å². The van der Waals surface area contributed by atoms with Gasteiger partial charge in [-0.05, 0) is 143 Å². The van der Waals surface area contributed by atoms with Crippen molar-refractivity contribution in [2.24, 2.45) is 0 Å². The minimum absolute atomic E-state index is 0.0235. The third-order valence-corrected chi connectivity index (χ3v) is 17.6. The van der Waals surface area contributed by atoms with Crippen molar-refractivity contribution in [1.82, 2.24) is 4.48 Å². The molecule has 8 aromatic carbocycles. The smallest absolute Gasteiger partial charge is 0.329 e. The van der Waals surface area contributed by atoms with Crippen LogP contribution in [0.4, 0.5) is 28.4 Å². The monoisotopic (exact) mass is 1010 g/mol. The lowest BCUT2D eigenvalue weighted by Gasteiger charge is -2.44. The largest absolute Gasteiger partial charge is 0.375 e. The molecule has 77 heavy (non-hydrogen) atoms. The van der Waals surface area contributed by atoms with Crippen molar-refractivity contribution in [3.8, 4) is 22.3 Å². The lowest BCUT2D eigenvalue weighted by Crippen LogP contribution is -2.52. The van der Waals surface area contributed by atoms with E-state index in [1.807, 2.05) is 0 Å². The molecule has 9 aromatic rings. The van der Waals surface area contributed by atoms with Crippen LogP contribution in [0.5, 0.6) is 0 Å². The van der Waals surface area contributed by atoms with Crippen LogP contribution in [0.3, 0.4) is 0 Å². The molecule has 1 aromatic heterocycles. The van der Waals surface area contributed by atoms with Gasteiger partial charge in [0.25, 0.3) is 0 Å². The van der Waals surface area contributed by atoms with E-state index in [-0.39, 0.29) is 39.3 Å². The number of para-hydroxylation sites is 1. The molecule has 3 nitrogen and oxygen atoms in total. The van der Waals surface area contributed by atoms with Crippen LogP contribution in [-0.2, 0) is 32.5 Å². The molecule has 388 valence electrons. The number of anilines is 5. The summed E-state index contributed by atoms with van der Waals surface area (Å²) < 4.78 is 2.82. The van der Waals surface area contributed by atoms with Crippen molar-refractivity contribution < 1.29 is 0 Å². The van der Waals surface area contributed by atoms with Crippen LogP contribution >= 0.6 is 0 Å². The van der Waals surface area contributed by atoms with Gasteiger partial charge >= 0.3 is 6.85 Å². The summed E-state index contributed by atoms with van der Waals surface area (Å²) in [6, 6.07) is 63.9. The van der Waals surface area contributed by atoms with E-state index in [1.54, 1.807) is 0 Å². The van der Waals surface area contributed by atoms with E-state index in [4.69, 9.17) is 0 Å². The molecule has 2 aliphatic heterocycles. The maximum Gasteiger partial charge on any atom is 0.329 e. The van der Waals surface area contributed by atoms with Crippen LogP contribution in [0.15, 0.2) is 169 Å². The van der Waals surface area contributed by atoms with E-state index >= 15 is 0 Å². The Morgan fingerprint density at radius 2 is 0.974 bits per heavy atom. The Labute approximate surface area is 460 Å². The number of rotatable bonds is 5. The normalized spacial score (nSPS) is 15.1. The van der Waals surface area contributed by atoms with Gasteiger partial charge in [0.1, 0.15) is 0 Å². The number of nitrogens with zero attached hydrogens (tertiary/aromatic N) is 3. The summed E-state index contributed by atoms with van der Waals surface area (Å²) in [5.41, 5.74) is 26.4. The molecule has 0 radical (unpaired) electrons. The number of fused-ring (bicyclic) bond motifs is 8. The lowest BCUT2D eigenvalue weighted by molar-refractivity contribution is 0.588. The van der Waals surface area contributed by atoms with Crippen molar-refractivity contribution in [1.29, 1.82) is 0 Å². The van der Waals surface area contributed by atoms with Gasteiger partial charge in [0.2, 0.25) is 0 Å². The Bertz CT molecular complexity index is 3890. The average molecular weight is 1010 g/mol. The Hall–Kier alpha value is -7.04. The molecule has 4 heteroatoms. The molecule has 0 atom stereocenters. The predicted octanol–water partition coefficient (Wildman–Crippen LogP) is 19.5. The van der Waals surface area contributed by atoms with Gasteiger partial charge in [0, 0.05) is 66.7 Å². The molecule has 3 heterocycles. The summed E-state index contributed by atoms with van der Waals surface area (Å²) in [5.74, 6) is 0. The molecule has 0 N–H and O–H groups in total. The molecule has 0 saturated carbocycles.